The molecular weight excluding hydrogens is 209 g/mol. The summed E-state index contributed by atoms with van der Waals surface area (Å²) in [7, 11) is 1.42. The van der Waals surface area contributed by atoms with Crippen molar-refractivity contribution >= 4 is 0 Å². The van der Waals surface area contributed by atoms with E-state index in [1.54, 1.807) is 19.1 Å². The van der Waals surface area contributed by atoms with Gasteiger partial charge in [0, 0.05) is 6.42 Å². The van der Waals surface area contributed by atoms with Gasteiger partial charge in [0.1, 0.15) is 0 Å². The lowest BCUT2D eigenvalue weighted by Crippen LogP contribution is -2.30. The summed E-state index contributed by atoms with van der Waals surface area (Å²) in [6.07, 6.45) is 0.867. The zero-order chi connectivity index (χ0) is 12.2. The Balaban J connectivity index is 2.78. The molecule has 1 aromatic rings. The second-order valence-corrected chi connectivity index (χ2v) is 4.18. The van der Waals surface area contributed by atoms with E-state index in [0.29, 0.717) is 19.4 Å². The van der Waals surface area contributed by atoms with Gasteiger partial charge in [-0.2, -0.15) is 0 Å². The third-order valence-electron chi connectivity index (χ3n) is 2.48. The maximum atomic E-state index is 13.4. The molecule has 90 valence electrons. The number of hydrogen-bond donors (Lipinski definition) is 2. The van der Waals surface area contributed by atoms with Gasteiger partial charge in [-0.05, 0) is 37.6 Å². The highest BCUT2D eigenvalue weighted by Crippen LogP contribution is 2.22. The Labute approximate surface area is 95.0 Å². The second-order valence-electron chi connectivity index (χ2n) is 4.18. The van der Waals surface area contributed by atoms with Gasteiger partial charge < -0.3 is 15.6 Å². The number of methoxy groups -OCH3 is 1. The molecule has 0 heterocycles. The Hall–Kier alpha value is -1.13. The molecule has 0 aliphatic rings. The lowest BCUT2D eigenvalue weighted by atomic mass is 9.93. The first kappa shape index (κ1) is 12.9. The molecule has 3 nitrogen and oxygen atoms in total. The molecule has 0 radical (unpaired) electrons. The van der Waals surface area contributed by atoms with Gasteiger partial charge in [-0.3, -0.25) is 0 Å². The van der Waals surface area contributed by atoms with Gasteiger partial charge in [0.05, 0.1) is 12.7 Å². The fourth-order valence-corrected chi connectivity index (χ4v) is 1.66. The van der Waals surface area contributed by atoms with Gasteiger partial charge in [-0.1, -0.05) is 6.07 Å². The van der Waals surface area contributed by atoms with E-state index in [-0.39, 0.29) is 5.75 Å². The number of halogens is 1. The quantitative estimate of drug-likeness (QED) is 0.801. The molecule has 0 saturated carbocycles. The van der Waals surface area contributed by atoms with Gasteiger partial charge in [0.25, 0.3) is 0 Å². The first-order valence-corrected chi connectivity index (χ1v) is 5.23. The van der Waals surface area contributed by atoms with Crippen LogP contribution >= 0.6 is 0 Å². The smallest absolute Gasteiger partial charge is 0.165 e. The molecule has 0 fully saturated rings. The van der Waals surface area contributed by atoms with E-state index in [0.717, 1.165) is 5.56 Å². The second kappa shape index (κ2) is 5.27. The maximum Gasteiger partial charge on any atom is 0.165 e. The summed E-state index contributed by atoms with van der Waals surface area (Å²) in [6.45, 7) is 2.10. The van der Waals surface area contributed by atoms with Crippen LogP contribution in [-0.2, 0) is 6.42 Å². The normalized spacial score (nSPS) is 14.6. The first-order chi connectivity index (χ1) is 7.48. The molecule has 16 heavy (non-hydrogen) atoms. The fourth-order valence-electron chi connectivity index (χ4n) is 1.66. The summed E-state index contributed by atoms with van der Waals surface area (Å²) >= 11 is 0. The fraction of sp³-hybridized carbons (Fsp3) is 0.500. The molecule has 3 N–H and O–H groups in total. The minimum Gasteiger partial charge on any atom is -0.494 e. The molecule has 4 heteroatoms. The molecule has 1 rings (SSSR count). The Kier molecular flexibility index (Phi) is 4.26. The van der Waals surface area contributed by atoms with Crippen molar-refractivity contribution in [3.8, 4) is 5.75 Å². The van der Waals surface area contributed by atoms with Crippen LogP contribution in [0.2, 0.25) is 0 Å². The molecule has 1 atom stereocenters. The minimum atomic E-state index is -0.893. The van der Waals surface area contributed by atoms with E-state index < -0.39 is 11.4 Å². The molecule has 0 aliphatic carbocycles. The van der Waals surface area contributed by atoms with E-state index in [9.17, 15) is 9.50 Å². The monoisotopic (exact) mass is 227 g/mol. The molecular formula is C12H18FNO2. The SMILES string of the molecule is COc1ccc(CC(C)(O)CCN)cc1F. The van der Waals surface area contributed by atoms with Crippen LogP contribution in [0.15, 0.2) is 18.2 Å². The summed E-state index contributed by atoms with van der Waals surface area (Å²) in [6, 6.07) is 4.68. The Morgan fingerprint density at radius 2 is 2.19 bits per heavy atom. The average Bonchev–Trinajstić information content (AvgIpc) is 2.17. The van der Waals surface area contributed by atoms with Crippen LogP contribution < -0.4 is 10.5 Å². The van der Waals surface area contributed by atoms with Crippen LogP contribution in [-0.4, -0.2) is 24.4 Å². The third-order valence-corrected chi connectivity index (χ3v) is 2.48. The van der Waals surface area contributed by atoms with Gasteiger partial charge >= 0.3 is 0 Å². The zero-order valence-electron chi connectivity index (χ0n) is 9.66. The number of aliphatic hydroxyl groups is 1. The van der Waals surface area contributed by atoms with Gasteiger partial charge in [0.15, 0.2) is 11.6 Å². The molecule has 0 amide bonds. The van der Waals surface area contributed by atoms with Crippen LogP contribution in [0.5, 0.6) is 5.75 Å². The lowest BCUT2D eigenvalue weighted by Gasteiger charge is -2.22. The molecule has 0 bridgehead atoms. The van der Waals surface area contributed by atoms with Crippen LogP contribution in [0, 0.1) is 5.82 Å². The molecule has 0 spiro atoms. The largest absolute Gasteiger partial charge is 0.494 e. The molecule has 0 aliphatic heterocycles. The highest BCUT2D eigenvalue weighted by molar-refractivity contribution is 5.30. The van der Waals surface area contributed by atoms with Crippen LogP contribution in [0.4, 0.5) is 4.39 Å². The third kappa shape index (κ3) is 3.47. The van der Waals surface area contributed by atoms with Crippen LogP contribution in [0.3, 0.4) is 0 Å². The molecule has 1 aromatic carbocycles. The summed E-state index contributed by atoms with van der Waals surface area (Å²) in [5.41, 5.74) is 5.23. The summed E-state index contributed by atoms with van der Waals surface area (Å²) in [5.74, 6) is -0.203. The minimum absolute atomic E-state index is 0.210. The number of ether oxygens (including phenoxy) is 1. The van der Waals surface area contributed by atoms with E-state index >= 15 is 0 Å². The summed E-state index contributed by atoms with van der Waals surface area (Å²) in [5, 5.41) is 9.95. The lowest BCUT2D eigenvalue weighted by molar-refractivity contribution is 0.0538. The van der Waals surface area contributed by atoms with Crippen molar-refractivity contribution < 1.29 is 14.2 Å². The molecule has 0 aromatic heterocycles. The average molecular weight is 227 g/mol. The van der Waals surface area contributed by atoms with Gasteiger partial charge in [-0.15, -0.1) is 0 Å². The Bertz CT molecular complexity index is 353. The van der Waals surface area contributed by atoms with E-state index in [1.165, 1.54) is 13.2 Å². The standard InChI is InChI=1S/C12H18FNO2/c1-12(15,5-6-14)8-9-3-4-11(16-2)10(13)7-9/h3-4,7,15H,5-6,8,14H2,1-2H3. The number of rotatable bonds is 5. The highest BCUT2D eigenvalue weighted by atomic mass is 19.1. The Morgan fingerprint density at radius 3 is 2.69 bits per heavy atom. The first-order valence-electron chi connectivity index (χ1n) is 5.23. The number of hydrogen-bond acceptors (Lipinski definition) is 3. The van der Waals surface area contributed by atoms with E-state index in [1.807, 2.05) is 0 Å². The van der Waals surface area contributed by atoms with Crippen LogP contribution in [0.1, 0.15) is 18.9 Å². The molecule has 1 unspecified atom stereocenters. The summed E-state index contributed by atoms with van der Waals surface area (Å²) < 4.78 is 18.2. The van der Waals surface area contributed by atoms with Crippen molar-refractivity contribution in [1.29, 1.82) is 0 Å². The Morgan fingerprint density at radius 1 is 1.50 bits per heavy atom. The van der Waals surface area contributed by atoms with Crippen molar-refractivity contribution in [3.63, 3.8) is 0 Å². The zero-order valence-corrected chi connectivity index (χ0v) is 9.66. The number of nitrogens with two attached hydrogens (primary N) is 1. The topological polar surface area (TPSA) is 55.5 Å². The predicted molar refractivity (Wildman–Crippen MR) is 61.0 cm³/mol. The van der Waals surface area contributed by atoms with Crippen molar-refractivity contribution in [2.75, 3.05) is 13.7 Å². The van der Waals surface area contributed by atoms with Crippen molar-refractivity contribution in [1.82, 2.24) is 0 Å². The van der Waals surface area contributed by atoms with Crippen molar-refractivity contribution in [2.24, 2.45) is 5.73 Å². The number of benzene rings is 1. The van der Waals surface area contributed by atoms with Crippen molar-refractivity contribution in [3.05, 3.63) is 29.6 Å². The summed E-state index contributed by atoms with van der Waals surface area (Å²) in [4.78, 5) is 0. The van der Waals surface area contributed by atoms with Crippen molar-refractivity contribution in [2.45, 2.75) is 25.4 Å². The highest BCUT2D eigenvalue weighted by Gasteiger charge is 2.20. The maximum absolute atomic E-state index is 13.4. The van der Waals surface area contributed by atoms with Gasteiger partial charge in [0.2, 0.25) is 0 Å². The van der Waals surface area contributed by atoms with Crippen LogP contribution in [0.25, 0.3) is 0 Å². The predicted octanol–water partition coefficient (Wildman–Crippen LogP) is 1.48. The van der Waals surface area contributed by atoms with Gasteiger partial charge in [-0.25, -0.2) is 4.39 Å². The molecule has 0 saturated heterocycles. The van der Waals surface area contributed by atoms with E-state index in [2.05, 4.69) is 0 Å². The van der Waals surface area contributed by atoms with E-state index in [4.69, 9.17) is 10.5 Å².